The van der Waals surface area contributed by atoms with Gasteiger partial charge in [0.1, 0.15) is 5.78 Å². The van der Waals surface area contributed by atoms with Gasteiger partial charge in [-0.1, -0.05) is 70.5 Å². The van der Waals surface area contributed by atoms with Crippen molar-refractivity contribution in [3.05, 3.63) is 99.5 Å². The highest BCUT2D eigenvalue weighted by Gasteiger charge is 2.69. The Labute approximate surface area is 188 Å². The van der Waals surface area contributed by atoms with Crippen molar-refractivity contribution in [2.75, 3.05) is 4.90 Å². The molecule has 1 heterocycles. The van der Waals surface area contributed by atoms with E-state index < -0.39 is 17.3 Å². The minimum absolute atomic E-state index is 0.0993. The van der Waals surface area contributed by atoms with E-state index in [1.165, 1.54) is 4.90 Å². The van der Waals surface area contributed by atoms with Crippen LogP contribution in [0, 0.1) is 11.8 Å². The van der Waals surface area contributed by atoms with E-state index in [0.717, 1.165) is 26.7 Å². The van der Waals surface area contributed by atoms with Gasteiger partial charge in [0.15, 0.2) is 0 Å². The van der Waals surface area contributed by atoms with Crippen LogP contribution in [-0.4, -0.2) is 17.6 Å². The van der Waals surface area contributed by atoms with Crippen molar-refractivity contribution in [1.29, 1.82) is 0 Å². The summed E-state index contributed by atoms with van der Waals surface area (Å²) in [6, 6.07) is 22.8. The van der Waals surface area contributed by atoms with Gasteiger partial charge in [-0.3, -0.25) is 14.4 Å². The van der Waals surface area contributed by atoms with Crippen molar-refractivity contribution in [3.63, 3.8) is 0 Å². The summed E-state index contributed by atoms with van der Waals surface area (Å²) in [6.07, 6.45) is 0. The summed E-state index contributed by atoms with van der Waals surface area (Å²) < 4.78 is 0.788. The minimum Gasteiger partial charge on any atom is -0.299 e. The molecule has 0 unspecified atom stereocenters. The van der Waals surface area contributed by atoms with Gasteiger partial charge in [0, 0.05) is 10.4 Å². The van der Waals surface area contributed by atoms with Gasteiger partial charge in [0.05, 0.1) is 22.9 Å². The molecule has 0 radical (unpaired) electrons. The van der Waals surface area contributed by atoms with Crippen LogP contribution in [0.3, 0.4) is 0 Å². The average molecular weight is 472 g/mol. The fraction of sp³-hybridized carbons (Fsp3) is 0.192. The van der Waals surface area contributed by atoms with Gasteiger partial charge in [-0.05, 0) is 47.4 Å². The number of carbonyl (C=O) groups is 3. The summed E-state index contributed by atoms with van der Waals surface area (Å²) in [7, 11) is 0. The van der Waals surface area contributed by atoms with E-state index in [4.69, 9.17) is 0 Å². The fourth-order valence-corrected chi connectivity index (χ4v) is 6.63. The lowest BCUT2D eigenvalue weighted by Gasteiger charge is -2.52. The zero-order valence-electron chi connectivity index (χ0n) is 16.7. The number of Topliss-reactive ketones (excluding diaryl/α,β-unsaturated/α-hetero) is 1. The van der Waals surface area contributed by atoms with Gasteiger partial charge in [-0.2, -0.15) is 0 Å². The van der Waals surface area contributed by atoms with Crippen molar-refractivity contribution in [2.24, 2.45) is 11.8 Å². The van der Waals surface area contributed by atoms with Crippen LogP contribution in [0.15, 0.2) is 77.3 Å². The Bertz CT molecular complexity index is 1270. The van der Waals surface area contributed by atoms with Gasteiger partial charge in [-0.15, -0.1) is 0 Å². The zero-order chi connectivity index (χ0) is 21.5. The number of imide groups is 1. The van der Waals surface area contributed by atoms with Crippen molar-refractivity contribution < 1.29 is 14.4 Å². The standard InChI is InChI=1S/C26H18BrNO3/c1-14(29)26-19-11-4-2-9-17(19)21(18-10-3-5-12-20(18)26)22-23(26)25(31)28(24(22)30)16-8-6-7-15(27)13-16/h2-13,21-23H,1H3/t21?,22-,23+,26?/m1/s1. The summed E-state index contributed by atoms with van der Waals surface area (Å²) in [6.45, 7) is 1.55. The van der Waals surface area contributed by atoms with E-state index >= 15 is 0 Å². The molecule has 3 aromatic rings. The Morgan fingerprint density at radius 1 is 0.871 bits per heavy atom. The first-order valence-electron chi connectivity index (χ1n) is 10.3. The summed E-state index contributed by atoms with van der Waals surface area (Å²) in [4.78, 5) is 42.5. The summed E-state index contributed by atoms with van der Waals surface area (Å²) >= 11 is 3.44. The lowest BCUT2D eigenvalue weighted by Crippen LogP contribution is -2.57. The summed E-state index contributed by atoms with van der Waals surface area (Å²) in [5.41, 5.74) is 3.07. The van der Waals surface area contributed by atoms with Crippen molar-refractivity contribution in [1.82, 2.24) is 0 Å². The molecule has 2 bridgehead atoms. The summed E-state index contributed by atoms with van der Waals surface area (Å²) in [5, 5.41) is 0. The number of rotatable bonds is 2. The number of anilines is 1. The molecule has 3 aliphatic carbocycles. The number of halogens is 1. The number of hydrogen-bond donors (Lipinski definition) is 0. The third-order valence-corrected chi connectivity index (χ3v) is 7.73. The first kappa shape index (κ1) is 18.7. The lowest BCUT2D eigenvalue weighted by molar-refractivity contribution is -0.132. The van der Waals surface area contributed by atoms with Crippen molar-refractivity contribution in [2.45, 2.75) is 18.3 Å². The van der Waals surface area contributed by atoms with Crippen LogP contribution >= 0.6 is 15.9 Å². The maximum absolute atomic E-state index is 13.9. The smallest absolute Gasteiger partial charge is 0.239 e. The Balaban J connectivity index is 1.68. The predicted molar refractivity (Wildman–Crippen MR) is 120 cm³/mol. The average Bonchev–Trinajstić information content (AvgIpc) is 3.04. The van der Waals surface area contributed by atoms with Crippen molar-refractivity contribution >= 4 is 39.2 Å². The normalized spacial score (nSPS) is 27.7. The first-order chi connectivity index (χ1) is 15.0. The minimum atomic E-state index is -1.15. The zero-order valence-corrected chi connectivity index (χ0v) is 18.3. The maximum Gasteiger partial charge on any atom is 0.239 e. The SMILES string of the molecule is CC(=O)C12c3ccccc3C(c3ccccc31)[C@H]1C(=O)N(c3cccc(Br)c3)C(=O)[C@H]12. The van der Waals surface area contributed by atoms with Crippen LogP contribution in [0.5, 0.6) is 0 Å². The third kappa shape index (κ3) is 2.12. The molecule has 31 heavy (non-hydrogen) atoms. The van der Waals surface area contributed by atoms with Crippen LogP contribution in [0.2, 0.25) is 0 Å². The Morgan fingerprint density at radius 2 is 1.48 bits per heavy atom. The third-order valence-electron chi connectivity index (χ3n) is 7.24. The van der Waals surface area contributed by atoms with E-state index in [0.29, 0.717) is 5.69 Å². The number of carbonyl (C=O) groups excluding carboxylic acids is 3. The van der Waals surface area contributed by atoms with Crippen LogP contribution in [0.1, 0.15) is 35.1 Å². The van der Waals surface area contributed by atoms with Gasteiger partial charge < -0.3 is 0 Å². The van der Waals surface area contributed by atoms with Crippen LogP contribution in [0.4, 0.5) is 5.69 Å². The largest absolute Gasteiger partial charge is 0.299 e. The topological polar surface area (TPSA) is 54.5 Å². The van der Waals surface area contributed by atoms with Gasteiger partial charge in [-0.25, -0.2) is 4.90 Å². The number of amides is 2. The Morgan fingerprint density at radius 3 is 2.06 bits per heavy atom. The molecule has 1 saturated heterocycles. The number of benzene rings is 3. The van der Waals surface area contributed by atoms with Gasteiger partial charge >= 0.3 is 0 Å². The molecule has 0 aromatic heterocycles. The Hall–Kier alpha value is -3.05. The predicted octanol–water partition coefficient (Wildman–Crippen LogP) is 4.59. The van der Waals surface area contributed by atoms with E-state index in [9.17, 15) is 14.4 Å². The first-order valence-corrected chi connectivity index (χ1v) is 11.1. The van der Waals surface area contributed by atoms with E-state index in [2.05, 4.69) is 15.9 Å². The molecule has 4 aliphatic rings. The molecule has 5 heteroatoms. The van der Waals surface area contributed by atoms with E-state index in [1.54, 1.807) is 25.1 Å². The quantitative estimate of drug-likeness (QED) is 0.513. The molecule has 1 fully saturated rings. The second-order valence-corrected chi connectivity index (χ2v) is 9.43. The molecule has 0 saturated carbocycles. The molecular formula is C26H18BrNO3. The Kier molecular flexibility index (Phi) is 3.76. The highest BCUT2D eigenvalue weighted by Crippen LogP contribution is 2.64. The molecule has 4 nitrogen and oxygen atoms in total. The number of ketones is 1. The second-order valence-electron chi connectivity index (χ2n) is 8.51. The van der Waals surface area contributed by atoms with Crippen LogP contribution in [0.25, 0.3) is 0 Å². The monoisotopic (exact) mass is 471 g/mol. The van der Waals surface area contributed by atoms with Crippen LogP contribution in [-0.2, 0) is 19.8 Å². The van der Waals surface area contributed by atoms with Gasteiger partial charge in [0.2, 0.25) is 11.8 Å². The number of nitrogens with zero attached hydrogens (tertiary/aromatic N) is 1. The molecule has 3 aromatic carbocycles. The highest BCUT2D eigenvalue weighted by atomic mass is 79.9. The molecule has 152 valence electrons. The van der Waals surface area contributed by atoms with Crippen molar-refractivity contribution in [3.8, 4) is 0 Å². The molecule has 1 aliphatic heterocycles. The molecule has 0 spiro atoms. The maximum atomic E-state index is 13.9. The molecule has 2 atom stereocenters. The van der Waals surface area contributed by atoms with Crippen LogP contribution < -0.4 is 4.90 Å². The summed E-state index contributed by atoms with van der Waals surface area (Å²) in [5.74, 6) is -2.21. The van der Waals surface area contributed by atoms with E-state index in [-0.39, 0.29) is 23.5 Å². The molecule has 0 N–H and O–H groups in total. The molecule has 2 amide bonds. The number of hydrogen-bond acceptors (Lipinski definition) is 3. The fourth-order valence-electron chi connectivity index (χ4n) is 6.24. The molecule has 7 rings (SSSR count). The second kappa shape index (κ2) is 6.24. The van der Waals surface area contributed by atoms with Gasteiger partial charge in [0.25, 0.3) is 0 Å². The highest BCUT2D eigenvalue weighted by molar-refractivity contribution is 9.10. The lowest BCUT2D eigenvalue weighted by atomic mass is 9.46. The van der Waals surface area contributed by atoms with E-state index in [1.807, 2.05) is 54.6 Å². The molecular weight excluding hydrogens is 454 g/mol.